The average molecular weight is 346 g/mol. The van der Waals surface area contributed by atoms with Crippen molar-refractivity contribution in [2.45, 2.75) is 38.9 Å². The number of carbonyl (C=O) groups is 2. The molecule has 134 valence electrons. The molecular formula is C16H21F3N2O3. The summed E-state index contributed by atoms with van der Waals surface area (Å²) in [4.78, 5) is 21.0. The standard InChI is InChI=1S/C14H20N2O.C2HF3O2/c1-10-5-3-6-11(2)13(10)14(17)16-9-12-7-4-8-15-12;3-2(4,5)1(6)7/h3,5-6,12,15H,4,7-9H2,1-2H3,(H,16,17);(H,6,7). The van der Waals surface area contributed by atoms with Gasteiger partial charge in [-0.05, 0) is 44.4 Å². The number of hydrogen-bond donors (Lipinski definition) is 3. The van der Waals surface area contributed by atoms with Crippen molar-refractivity contribution in [3.05, 3.63) is 34.9 Å². The van der Waals surface area contributed by atoms with Gasteiger partial charge < -0.3 is 15.7 Å². The van der Waals surface area contributed by atoms with Crippen molar-refractivity contribution in [3.63, 3.8) is 0 Å². The Hall–Kier alpha value is -2.09. The molecule has 5 nitrogen and oxygen atoms in total. The zero-order chi connectivity index (χ0) is 18.3. The Balaban J connectivity index is 0.000000351. The molecule has 1 aliphatic heterocycles. The second-order valence-electron chi connectivity index (χ2n) is 5.57. The van der Waals surface area contributed by atoms with Crippen LogP contribution in [-0.4, -0.2) is 42.3 Å². The monoisotopic (exact) mass is 346 g/mol. The lowest BCUT2D eigenvalue weighted by Gasteiger charge is -2.14. The van der Waals surface area contributed by atoms with E-state index in [1.54, 1.807) is 0 Å². The molecule has 1 heterocycles. The second kappa shape index (κ2) is 8.68. The molecule has 1 unspecified atom stereocenters. The number of rotatable bonds is 3. The van der Waals surface area contributed by atoms with Gasteiger partial charge in [0.15, 0.2) is 0 Å². The number of carboxylic acid groups (broad SMARTS) is 1. The first-order chi connectivity index (χ1) is 11.1. The zero-order valence-corrected chi connectivity index (χ0v) is 13.5. The number of carbonyl (C=O) groups excluding carboxylic acids is 1. The number of aliphatic carboxylic acids is 1. The minimum Gasteiger partial charge on any atom is -0.475 e. The third-order valence-corrected chi connectivity index (χ3v) is 3.62. The maximum Gasteiger partial charge on any atom is 0.490 e. The van der Waals surface area contributed by atoms with Gasteiger partial charge in [-0.25, -0.2) is 4.79 Å². The molecule has 1 atom stereocenters. The van der Waals surface area contributed by atoms with Gasteiger partial charge in [-0.15, -0.1) is 0 Å². The fraction of sp³-hybridized carbons (Fsp3) is 0.500. The molecule has 3 N–H and O–H groups in total. The number of carboxylic acids is 1. The number of hydrogen-bond acceptors (Lipinski definition) is 3. The van der Waals surface area contributed by atoms with Crippen LogP contribution in [0.4, 0.5) is 13.2 Å². The minimum atomic E-state index is -5.08. The topological polar surface area (TPSA) is 78.4 Å². The third-order valence-electron chi connectivity index (χ3n) is 3.62. The quantitative estimate of drug-likeness (QED) is 0.785. The maximum atomic E-state index is 12.1. The van der Waals surface area contributed by atoms with Crippen LogP contribution < -0.4 is 10.6 Å². The molecule has 0 spiro atoms. The van der Waals surface area contributed by atoms with Gasteiger partial charge in [-0.1, -0.05) is 18.2 Å². The first-order valence-corrected chi connectivity index (χ1v) is 7.51. The highest BCUT2D eigenvalue weighted by Crippen LogP contribution is 2.14. The first kappa shape index (κ1) is 20.0. The van der Waals surface area contributed by atoms with Crippen LogP contribution >= 0.6 is 0 Å². The molecule has 1 amide bonds. The molecule has 0 aliphatic carbocycles. The van der Waals surface area contributed by atoms with Gasteiger partial charge in [0.2, 0.25) is 0 Å². The largest absolute Gasteiger partial charge is 0.490 e. The summed E-state index contributed by atoms with van der Waals surface area (Å²) < 4.78 is 31.7. The van der Waals surface area contributed by atoms with E-state index in [2.05, 4.69) is 10.6 Å². The van der Waals surface area contributed by atoms with Gasteiger partial charge in [-0.2, -0.15) is 13.2 Å². The summed E-state index contributed by atoms with van der Waals surface area (Å²) in [7, 11) is 0. The summed E-state index contributed by atoms with van der Waals surface area (Å²) in [5, 5.41) is 13.5. The molecule has 0 saturated carbocycles. The van der Waals surface area contributed by atoms with Crippen molar-refractivity contribution in [1.82, 2.24) is 10.6 Å². The molecule has 0 bridgehead atoms. The van der Waals surface area contributed by atoms with Crippen molar-refractivity contribution >= 4 is 11.9 Å². The predicted octanol–water partition coefficient (Wildman–Crippen LogP) is 2.42. The molecule has 8 heteroatoms. The SMILES string of the molecule is Cc1cccc(C)c1C(=O)NCC1CCCN1.O=C(O)C(F)(F)F. The molecular weight excluding hydrogens is 325 g/mol. The van der Waals surface area contributed by atoms with Crippen LogP contribution in [0.1, 0.15) is 34.3 Å². The van der Waals surface area contributed by atoms with Gasteiger partial charge in [0.05, 0.1) is 0 Å². The van der Waals surface area contributed by atoms with Crippen LogP contribution in [-0.2, 0) is 4.79 Å². The first-order valence-electron chi connectivity index (χ1n) is 7.51. The molecule has 24 heavy (non-hydrogen) atoms. The number of halogens is 3. The Bertz CT molecular complexity index is 562. The number of alkyl halides is 3. The van der Waals surface area contributed by atoms with Crippen LogP contribution in [0.3, 0.4) is 0 Å². The fourth-order valence-corrected chi connectivity index (χ4v) is 2.41. The average Bonchev–Trinajstić information content (AvgIpc) is 2.98. The van der Waals surface area contributed by atoms with E-state index < -0.39 is 12.1 Å². The Labute approximate surface area is 138 Å². The Morgan fingerprint density at radius 1 is 1.29 bits per heavy atom. The molecule has 1 aromatic rings. The van der Waals surface area contributed by atoms with E-state index in [1.165, 1.54) is 6.42 Å². The summed E-state index contributed by atoms with van der Waals surface area (Å²) in [5.74, 6) is -2.71. The van der Waals surface area contributed by atoms with Crippen molar-refractivity contribution in [2.75, 3.05) is 13.1 Å². The number of nitrogens with one attached hydrogen (secondary N) is 2. The highest BCUT2D eigenvalue weighted by molar-refractivity contribution is 5.97. The second-order valence-corrected chi connectivity index (χ2v) is 5.57. The molecule has 0 radical (unpaired) electrons. The Morgan fingerprint density at radius 3 is 2.25 bits per heavy atom. The highest BCUT2D eigenvalue weighted by Gasteiger charge is 2.38. The third kappa shape index (κ3) is 6.19. The van der Waals surface area contributed by atoms with Gasteiger partial charge in [0, 0.05) is 18.2 Å². The number of amides is 1. The van der Waals surface area contributed by atoms with Gasteiger partial charge in [-0.3, -0.25) is 4.79 Å². The lowest BCUT2D eigenvalue weighted by Crippen LogP contribution is -2.37. The van der Waals surface area contributed by atoms with E-state index in [0.717, 1.165) is 36.2 Å². The lowest BCUT2D eigenvalue weighted by molar-refractivity contribution is -0.192. The predicted molar refractivity (Wildman–Crippen MR) is 83.0 cm³/mol. The van der Waals surface area contributed by atoms with Crippen LogP contribution in [0, 0.1) is 13.8 Å². The molecule has 1 aromatic carbocycles. The summed E-state index contributed by atoms with van der Waals surface area (Å²) >= 11 is 0. The summed E-state index contributed by atoms with van der Waals surface area (Å²) in [6.45, 7) is 5.77. The maximum absolute atomic E-state index is 12.1. The van der Waals surface area contributed by atoms with E-state index >= 15 is 0 Å². The van der Waals surface area contributed by atoms with Gasteiger partial charge in [0.1, 0.15) is 0 Å². The van der Waals surface area contributed by atoms with Crippen LogP contribution in [0.25, 0.3) is 0 Å². The van der Waals surface area contributed by atoms with Crippen molar-refractivity contribution in [1.29, 1.82) is 0 Å². The normalized spacial score (nSPS) is 17.0. The van der Waals surface area contributed by atoms with Gasteiger partial charge in [0.25, 0.3) is 5.91 Å². The van der Waals surface area contributed by atoms with Crippen molar-refractivity contribution in [2.24, 2.45) is 0 Å². The number of aryl methyl sites for hydroxylation is 2. The van der Waals surface area contributed by atoms with Crippen LogP contribution in [0.2, 0.25) is 0 Å². The summed E-state index contributed by atoms with van der Waals surface area (Å²) in [5.41, 5.74) is 2.91. The smallest absolute Gasteiger partial charge is 0.475 e. The zero-order valence-electron chi connectivity index (χ0n) is 13.5. The molecule has 1 saturated heterocycles. The molecule has 2 rings (SSSR count). The van der Waals surface area contributed by atoms with Crippen LogP contribution in [0.15, 0.2) is 18.2 Å². The molecule has 1 aliphatic rings. The highest BCUT2D eigenvalue weighted by atomic mass is 19.4. The van der Waals surface area contributed by atoms with Crippen LogP contribution in [0.5, 0.6) is 0 Å². The van der Waals surface area contributed by atoms with Crippen molar-refractivity contribution < 1.29 is 27.9 Å². The van der Waals surface area contributed by atoms with E-state index in [4.69, 9.17) is 9.90 Å². The Kier molecular flexibility index (Phi) is 7.21. The lowest BCUT2D eigenvalue weighted by atomic mass is 10.0. The summed E-state index contributed by atoms with van der Waals surface area (Å²) in [6, 6.07) is 6.40. The van der Waals surface area contributed by atoms with E-state index in [-0.39, 0.29) is 5.91 Å². The Morgan fingerprint density at radius 2 is 1.83 bits per heavy atom. The summed E-state index contributed by atoms with van der Waals surface area (Å²) in [6.07, 6.45) is -2.71. The van der Waals surface area contributed by atoms with E-state index in [1.807, 2.05) is 32.0 Å². The van der Waals surface area contributed by atoms with E-state index in [0.29, 0.717) is 6.04 Å². The van der Waals surface area contributed by atoms with Gasteiger partial charge >= 0.3 is 12.1 Å². The van der Waals surface area contributed by atoms with Crippen molar-refractivity contribution in [3.8, 4) is 0 Å². The number of benzene rings is 1. The minimum absolute atomic E-state index is 0.0503. The molecule has 1 fully saturated rings. The fourth-order valence-electron chi connectivity index (χ4n) is 2.41. The molecule has 0 aromatic heterocycles. The van der Waals surface area contributed by atoms with E-state index in [9.17, 15) is 18.0 Å².